The van der Waals surface area contributed by atoms with E-state index in [0.29, 0.717) is 28.6 Å². The first-order chi connectivity index (χ1) is 13.4. The van der Waals surface area contributed by atoms with Gasteiger partial charge in [-0.3, -0.25) is 0 Å². The number of hydrogen-bond acceptors (Lipinski definition) is 4. The summed E-state index contributed by atoms with van der Waals surface area (Å²) in [6.45, 7) is 6.40. The SMILES string of the molecule is COc1ccc(Br)c(CNCCCOC(C)C)c1OCc1ccc(F)cc1Cl. The Balaban J connectivity index is 2.05. The maximum Gasteiger partial charge on any atom is 0.167 e. The lowest BCUT2D eigenvalue weighted by Gasteiger charge is -2.18. The molecule has 154 valence electrons. The average Bonchev–Trinajstić information content (AvgIpc) is 2.65. The average molecular weight is 475 g/mol. The summed E-state index contributed by atoms with van der Waals surface area (Å²) in [6.07, 6.45) is 1.16. The maximum absolute atomic E-state index is 13.2. The molecule has 0 unspecified atom stereocenters. The van der Waals surface area contributed by atoms with Crippen molar-refractivity contribution in [3.63, 3.8) is 0 Å². The summed E-state index contributed by atoms with van der Waals surface area (Å²) in [4.78, 5) is 0. The van der Waals surface area contributed by atoms with Crippen LogP contribution in [0.3, 0.4) is 0 Å². The van der Waals surface area contributed by atoms with E-state index >= 15 is 0 Å². The second-order valence-electron chi connectivity index (χ2n) is 6.53. The van der Waals surface area contributed by atoms with Crippen LogP contribution >= 0.6 is 27.5 Å². The third-order valence-corrected chi connectivity index (χ3v) is 5.12. The molecule has 0 aliphatic rings. The van der Waals surface area contributed by atoms with Gasteiger partial charge in [0.25, 0.3) is 0 Å². The zero-order valence-electron chi connectivity index (χ0n) is 16.4. The standard InChI is InChI=1S/C21H26BrClFNO3/c1-14(2)27-10-4-9-25-12-17-18(22)7-8-20(26-3)21(17)28-13-15-5-6-16(24)11-19(15)23/h5-8,11,14,25H,4,9-10,12-13H2,1-3H3. The van der Waals surface area contributed by atoms with Crippen molar-refractivity contribution in [1.82, 2.24) is 5.32 Å². The Morgan fingerprint density at radius 2 is 2.00 bits per heavy atom. The molecule has 4 nitrogen and oxygen atoms in total. The van der Waals surface area contributed by atoms with E-state index in [2.05, 4.69) is 21.2 Å². The maximum atomic E-state index is 13.2. The zero-order valence-corrected chi connectivity index (χ0v) is 18.7. The molecule has 0 aliphatic heterocycles. The van der Waals surface area contributed by atoms with Crippen molar-refractivity contribution in [2.45, 2.75) is 39.5 Å². The van der Waals surface area contributed by atoms with E-state index in [1.807, 2.05) is 26.0 Å². The van der Waals surface area contributed by atoms with Gasteiger partial charge in [0, 0.05) is 28.8 Å². The molecule has 0 bridgehead atoms. The molecule has 2 aromatic rings. The first-order valence-corrected chi connectivity index (χ1v) is 10.3. The van der Waals surface area contributed by atoms with E-state index in [4.69, 9.17) is 25.8 Å². The molecule has 0 fully saturated rings. The van der Waals surface area contributed by atoms with Gasteiger partial charge in [0.05, 0.1) is 18.2 Å². The van der Waals surface area contributed by atoms with E-state index in [-0.39, 0.29) is 18.5 Å². The largest absolute Gasteiger partial charge is 0.493 e. The lowest BCUT2D eigenvalue weighted by molar-refractivity contribution is 0.0770. The molecule has 0 amide bonds. The predicted molar refractivity (Wildman–Crippen MR) is 114 cm³/mol. The highest BCUT2D eigenvalue weighted by Crippen LogP contribution is 2.37. The van der Waals surface area contributed by atoms with Gasteiger partial charge < -0.3 is 19.5 Å². The van der Waals surface area contributed by atoms with Crippen molar-refractivity contribution in [2.75, 3.05) is 20.3 Å². The molecular weight excluding hydrogens is 449 g/mol. The number of benzene rings is 2. The van der Waals surface area contributed by atoms with Crippen LogP contribution in [0.25, 0.3) is 0 Å². The van der Waals surface area contributed by atoms with Crippen molar-refractivity contribution in [2.24, 2.45) is 0 Å². The summed E-state index contributed by atoms with van der Waals surface area (Å²) < 4.78 is 31.2. The van der Waals surface area contributed by atoms with Crippen LogP contribution in [0, 0.1) is 5.82 Å². The summed E-state index contributed by atoms with van der Waals surface area (Å²) >= 11 is 9.70. The zero-order chi connectivity index (χ0) is 20.5. The molecule has 0 aliphatic carbocycles. The smallest absolute Gasteiger partial charge is 0.167 e. The lowest BCUT2D eigenvalue weighted by Crippen LogP contribution is -2.18. The topological polar surface area (TPSA) is 39.7 Å². The normalized spacial score (nSPS) is 11.1. The third-order valence-electron chi connectivity index (χ3n) is 4.03. The van der Waals surface area contributed by atoms with E-state index in [0.717, 1.165) is 29.6 Å². The molecule has 0 heterocycles. The fourth-order valence-corrected chi connectivity index (χ4v) is 3.26. The molecule has 28 heavy (non-hydrogen) atoms. The summed E-state index contributed by atoms with van der Waals surface area (Å²) in [5, 5.41) is 3.74. The van der Waals surface area contributed by atoms with Gasteiger partial charge in [0.1, 0.15) is 12.4 Å². The Morgan fingerprint density at radius 1 is 1.21 bits per heavy atom. The van der Waals surface area contributed by atoms with Gasteiger partial charge in [-0.1, -0.05) is 33.6 Å². The van der Waals surface area contributed by atoms with Crippen LogP contribution < -0.4 is 14.8 Å². The minimum absolute atomic E-state index is 0.209. The summed E-state index contributed by atoms with van der Waals surface area (Å²) in [6, 6.07) is 8.03. The van der Waals surface area contributed by atoms with Crippen molar-refractivity contribution in [3.05, 3.63) is 56.8 Å². The number of rotatable bonds is 11. The van der Waals surface area contributed by atoms with Gasteiger partial charge in [-0.2, -0.15) is 0 Å². The van der Waals surface area contributed by atoms with E-state index < -0.39 is 0 Å². The van der Waals surface area contributed by atoms with Crippen LogP contribution in [-0.2, 0) is 17.9 Å². The molecule has 2 rings (SSSR count). The molecule has 0 atom stereocenters. The molecule has 0 spiro atoms. The Morgan fingerprint density at radius 3 is 2.68 bits per heavy atom. The highest BCUT2D eigenvalue weighted by atomic mass is 79.9. The minimum atomic E-state index is -0.375. The first kappa shape index (κ1) is 22.9. The summed E-state index contributed by atoms with van der Waals surface area (Å²) in [7, 11) is 1.60. The highest BCUT2D eigenvalue weighted by Gasteiger charge is 2.15. The number of nitrogens with one attached hydrogen (secondary N) is 1. The van der Waals surface area contributed by atoms with Crippen LogP contribution in [0.4, 0.5) is 4.39 Å². The van der Waals surface area contributed by atoms with Crippen LogP contribution in [0.15, 0.2) is 34.8 Å². The summed E-state index contributed by atoms with van der Waals surface area (Å²) in [5.41, 5.74) is 1.65. The van der Waals surface area contributed by atoms with Crippen LogP contribution in [0.5, 0.6) is 11.5 Å². The minimum Gasteiger partial charge on any atom is -0.493 e. The highest BCUT2D eigenvalue weighted by molar-refractivity contribution is 9.10. The Hall–Kier alpha value is -1.34. The molecule has 1 N–H and O–H groups in total. The third kappa shape index (κ3) is 6.92. The predicted octanol–water partition coefficient (Wildman–Crippen LogP) is 5.73. The lowest BCUT2D eigenvalue weighted by atomic mass is 10.1. The van der Waals surface area contributed by atoms with Crippen molar-refractivity contribution < 1.29 is 18.6 Å². The van der Waals surface area contributed by atoms with E-state index in [1.165, 1.54) is 12.1 Å². The molecule has 7 heteroatoms. The molecule has 0 saturated carbocycles. The van der Waals surface area contributed by atoms with Crippen LogP contribution in [-0.4, -0.2) is 26.4 Å². The Kier molecular flexibility index (Phi) is 9.51. The fraction of sp³-hybridized carbons (Fsp3) is 0.429. The van der Waals surface area contributed by atoms with Gasteiger partial charge in [0.15, 0.2) is 11.5 Å². The number of hydrogen-bond donors (Lipinski definition) is 1. The van der Waals surface area contributed by atoms with E-state index in [1.54, 1.807) is 13.2 Å². The van der Waals surface area contributed by atoms with Crippen molar-refractivity contribution in [1.29, 1.82) is 0 Å². The fourth-order valence-electron chi connectivity index (χ4n) is 2.58. The number of ether oxygens (including phenoxy) is 3. The van der Waals surface area contributed by atoms with Crippen molar-refractivity contribution in [3.8, 4) is 11.5 Å². The molecule has 0 aromatic heterocycles. The second kappa shape index (κ2) is 11.6. The molecule has 2 aromatic carbocycles. The van der Waals surface area contributed by atoms with Crippen molar-refractivity contribution >= 4 is 27.5 Å². The monoisotopic (exact) mass is 473 g/mol. The molecular formula is C21H26BrClFNO3. The quantitative estimate of drug-likeness (QED) is 0.422. The number of halogens is 3. The second-order valence-corrected chi connectivity index (χ2v) is 7.79. The van der Waals surface area contributed by atoms with E-state index in [9.17, 15) is 4.39 Å². The summed E-state index contributed by atoms with van der Waals surface area (Å²) in [5.74, 6) is 0.879. The molecule has 0 radical (unpaired) electrons. The van der Waals surface area contributed by atoms with Gasteiger partial charge in [0.2, 0.25) is 0 Å². The Labute approximate surface area is 179 Å². The van der Waals surface area contributed by atoms with Gasteiger partial charge in [-0.25, -0.2) is 4.39 Å². The molecule has 0 saturated heterocycles. The van der Waals surface area contributed by atoms with Gasteiger partial charge >= 0.3 is 0 Å². The van der Waals surface area contributed by atoms with Gasteiger partial charge in [-0.15, -0.1) is 0 Å². The van der Waals surface area contributed by atoms with Gasteiger partial charge in [-0.05, 0) is 51.1 Å². The first-order valence-electron chi connectivity index (χ1n) is 9.16. The number of methoxy groups -OCH3 is 1. The van der Waals surface area contributed by atoms with Crippen LogP contribution in [0.2, 0.25) is 5.02 Å². The Bertz CT molecular complexity index is 774. The van der Waals surface area contributed by atoms with Crippen LogP contribution in [0.1, 0.15) is 31.4 Å².